The molecule has 0 saturated carbocycles. The number of amides is 1. The number of anilines is 2. The molecule has 10 nitrogen and oxygen atoms in total. The molecule has 0 spiro atoms. The fraction of sp³-hybridized carbons (Fsp3) is 0.409. The second-order valence-electron chi connectivity index (χ2n) is 8.22. The van der Waals surface area contributed by atoms with E-state index >= 15 is 0 Å². The van der Waals surface area contributed by atoms with Gasteiger partial charge in [0.15, 0.2) is 0 Å². The molecule has 1 aliphatic heterocycles. The average molecular weight is 510 g/mol. The Kier molecular flexibility index (Phi) is 8.18. The summed E-state index contributed by atoms with van der Waals surface area (Å²) in [6.45, 7) is 3.48. The van der Waals surface area contributed by atoms with Crippen molar-refractivity contribution in [2.45, 2.75) is 19.8 Å². The third kappa shape index (κ3) is 6.47. The highest BCUT2D eigenvalue weighted by molar-refractivity contribution is 7.92. The molecule has 0 bridgehead atoms. The first kappa shape index (κ1) is 25.9. The van der Waals surface area contributed by atoms with Gasteiger partial charge in [-0.2, -0.15) is 4.31 Å². The number of nitrogens with two attached hydrogens (primary N) is 1. The Balaban J connectivity index is 1.96. The first-order valence-corrected chi connectivity index (χ1v) is 14.5. The third-order valence-corrected chi connectivity index (χ3v) is 8.45. The Bertz CT molecular complexity index is 1220. The molecule has 34 heavy (non-hydrogen) atoms. The largest absolute Gasteiger partial charge is 0.369 e. The van der Waals surface area contributed by atoms with Crippen LogP contribution in [0.1, 0.15) is 34.8 Å². The summed E-state index contributed by atoms with van der Waals surface area (Å²) in [6.07, 6.45) is 2.10. The second-order valence-corrected chi connectivity index (χ2v) is 12.0. The van der Waals surface area contributed by atoms with Crippen molar-refractivity contribution in [2.24, 2.45) is 5.84 Å². The minimum Gasteiger partial charge on any atom is -0.369 e. The highest BCUT2D eigenvalue weighted by atomic mass is 32.2. The van der Waals surface area contributed by atoms with Gasteiger partial charge in [-0.3, -0.25) is 14.9 Å². The number of nitrogens with one attached hydrogen (secondary N) is 2. The van der Waals surface area contributed by atoms with E-state index < -0.39 is 26.0 Å². The van der Waals surface area contributed by atoms with E-state index in [1.165, 1.54) is 10.6 Å². The summed E-state index contributed by atoms with van der Waals surface area (Å²) in [5.41, 5.74) is 5.50. The van der Waals surface area contributed by atoms with Crippen molar-refractivity contribution in [2.75, 3.05) is 47.8 Å². The normalized spacial score (nSPS) is 15.2. The van der Waals surface area contributed by atoms with Gasteiger partial charge < -0.3 is 4.90 Å². The number of hydrogen-bond donors (Lipinski definition) is 3. The number of sulfonamides is 2. The Labute approximate surface area is 201 Å². The van der Waals surface area contributed by atoms with Gasteiger partial charge in [-0.1, -0.05) is 25.1 Å². The number of nitrogen functional groups attached to an aromatic ring is 1. The lowest BCUT2D eigenvalue weighted by atomic mass is 9.99. The Hall–Kier alpha value is -2.67. The number of nitrogens with zero attached hydrogens (tertiary/aromatic N) is 2. The van der Waals surface area contributed by atoms with E-state index in [1.54, 1.807) is 43.3 Å². The maximum Gasteiger partial charge on any atom is 0.265 e. The number of rotatable bonds is 9. The molecule has 1 aliphatic rings. The first-order valence-electron chi connectivity index (χ1n) is 11.0. The van der Waals surface area contributed by atoms with Crippen molar-refractivity contribution in [1.82, 2.24) is 9.73 Å². The number of carbonyl (C=O) groups excluding carboxylic acids is 1. The lowest BCUT2D eigenvalue weighted by Gasteiger charge is -2.36. The molecule has 0 aliphatic carbocycles. The van der Waals surface area contributed by atoms with Gasteiger partial charge in [0.2, 0.25) is 20.0 Å². The molecular weight excluding hydrogens is 478 g/mol. The molecule has 4 N–H and O–H groups in total. The molecule has 2 aromatic rings. The van der Waals surface area contributed by atoms with E-state index in [9.17, 15) is 21.6 Å². The molecule has 1 heterocycles. The monoisotopic (exact) mass is 509 g/mol. The summed E-state index contributed by atoms with van der Waals surface area (Å²) in [4.78, 5) is 13.8. The molecule has 186 valence electrons. The van der Waals surface area contributed by atoms with Crippen LogP contribution in [0.5, 0.6) is 0 Å². The van der Waals surface area contributed by atoms with Crippen LogP contribution in [-0.2, 0) is 26.5 Å². The van der Waals surface area contributed by atoms with E-state index in [1.807, 2.05) is 6.07 Å². The van der Waals surface area contributed by atoms with Crippen LogP contribution in [-0.4, -0.2) is 65.2 Å². The number of hydrazine groups is 1. The highest BCUT2D eigenvalue weighted by Gasteiger charge is 2.26. The molecule has 1 amide bonds. The van der Waals surface area contributed by atoms with Gasteiger partial charge in [-0.25, -0.2) is 22.7 Å². The maximum absolute atomic E-state index is 12.5. The summed E-state index contributed by atoms with van der Waals surface area (Å²) < 4.78 is 53.1. The molecule has 1 fully saturated rings. The van der Waals surface area contributed by atoms with Gasteiger partial charge in [0, 0.05) is 49.4 Å². The summed E-state index contributed by atoms with van der Waals surface area (Å²) in [5.74, 6) is 4.80. The molecule has 0 atom stereocenters. The zero-order valence-electron chi connectivity index (χ0n) is 19.3. The Morgan fingerprint density at radius 2 is 1.65 bits per heavy atom. The molecular formula is C22H31N5O5S2. The molecule has 0 aromatic heterocycles. The molecule has 3 rings (SSSR count). The first-order chi connectivity index (χ1) is 16.0. The molecule has 2 aromatic carbocycles. The minimum absolute atomic E-state index is 0.00655. The average Bonchev–Trinajstić information content (AvgIpc) is 2.79. The second kappa shape index (κ2) is 10.7. The van der Waals surface area contributed by atoms with Crippen LogP contribution in [0.15, 0.2) is 42.5 Å². The fourth-order valence-electron chi connectivity index (χ4n) is 3.96. The topological polar surface area (TPSA) is 142 Å². The minimum atomic E-state index is -3.52. The van der Waals surface area contributed by atoms with Gasteiger partial charge in [0.25, 0.3) is 5.91 Å². The van der Waals surface area contributed by atoms with E-state index in [0.29, 0.717) is 50.3 Å². The number of carbonyl (C=O) groups is 1. The highest BCUT2D eigenvalue weighted by Crippen LogP contribution is 2.32. The van der Waals surface area contributed by atoms with Crippen LogP contribution in [0.2, 0.25) is 0 Å². The lowest BCUT2D eigenvalue weighted by Crippen LogP contribution is -2.48. The predicted molar refractivity (Wildman–Crippen MR) is 134 cm³/mol. The molecule has 1 saturated heterocycles. The standard InChI is InChI=1S/C22H31N5O5S2/c1-3-15-34(31,32)25-20-5-4-6-21(26-11-13-27(14-12-26)33(2,29)30)19(20)16-17-7-9-18(10-8-17)22(28)24-23/h4-10,25H,3,11-16,23H2,1-2H3,(H,24,28). The van der Waals surface area contributed by atoms with Crippen LogP contribution in [0.3, 0.4) is 0 Å². The van der Waals surface area contributed by atoms with Gasteiger partial charge in [-0.15, -0.1) is 0 Å². The van der Waals surface area contributed by atoms with Crippen LogP contribution < -0.4 is 20.9 Å². The van der Waals surface area contributed by atoms with Gasteiger partial charge in [0.1, 0.15) is 0 Å². The molecule has 12 heteroatoms. The van der Waals surface area contributed by atoms with Gasteiger partial charge >= 0.3 is 0 Å². The van der Waals surface area contributed by atoms with E-state index in [0.717, 1.165) is 16.8 Å². The van der Waals surface area contributed by atoms with Crippen LogP contribution in [0.25, 0.3) is 0 Å². The van der Waals surface area contributed by atoms with Crippen molar-refractivity contribution in [1.29, 1.82) is 0 Å². The Morgan fingerprint density at radius 3 is 2.21 bits per heavy atom. The van der Waals surface area contributed by atoms with E-state index in [2.05, 4.69) is 15.0 Å². The third-order valence-electron chi connectivity index (χ3n) is 5.67. The number of hydrogen-bond acceptors (Lipinski definition) is 7. The van der Waals surface area contributed by atoms with Crippen LogP contribution in [0, 0.1) is 0 Å². The van der Waals surface area contributed by atoms with Crippen molar-refractivity contribution in [3.05, 3.63) is 59.2 Å². The fourth-order valence-corrected chi connectivity index (χ4v) is 5.95. The SMILES string of the molecule is CCCS(=O)(=O)Nc1cccc(N2CCN(S(C)(=O)=O)CC2)c1Cc1ccc(C(=O)NN)cc1. The summed E-state index contributed by atoms with van der Waals surface area (Å²) in [7, 11) is -6.79. The van der Waals surface area contributed by atoms with Gasteiger partial charge in [0.05, 0.1) is 17.7 Å². The lowest BCUT2D eigenvalue weighted by molar-refractivity contribution is 0.0953. The van der Waals surface area contributed by atoms with Crippen molar-refractivity contribution in [3.63, 3.8) is 0 Å². The quantitative estimate of drug-likeness (QED) is 0.261. The zero-order valence-corrected chi connectivity index (χ0v) is 21.0. The van der Waals surface area contributed by atoms with E-state index in [4.69, 9.17) is 5.84 Å². The van der Waals surface area contributed by atoms with E-state index in [-0.39, 0.29) is 5.75 Å². The van der Waals surface area contributed by atoms with Crippen LogP contribution in [0.4, 0.5) is 11.4 Å². The number of piperazine rings is 1. The predicted octanol–water partition coefficient (Wildman–Crippen LogP) is 1.11. The number of benzene rings is 2. The summed E-state index contributed by atoms with van der Waals surface area (Å²) in [6, 6.07) is 12.4. The summed E-state index contributed by atoms with van der Waals surface area (Å²) >= 11 is 0. The zero-order chi connectivity index (χ0) is 24.9. The molecule has 0 unspecified atom stereocenters. The van der Waals surface area contributed by atoms with Crippen molar-refractivity contribution in [3.8, 4) is 0 Å². The maximum atomic E-state index is 12.5. The van der Waals surface area contributed by atoms with Crippen molar-refractivity contribution < 1.29 is 21.6 Å². The smallest absolute Gasteiger partial charge is 0.265 e. The summed E-state index contributed by atoms with van der Waals surface area (Å²) in [5, 5.41) is 0. The molecule has 0 radical (unpaired) electrons. The van der Waals surface area contributed by atoms with Crippen molar-refractivity contribution >= 4 is 37.3 Å². The van der Waals surface area contributed by atoms with Gasteiger partial charge in [-0.05, 0) is 36.2 Å². The Morgan fingerprint density at radius 1 is 1.00 bits per heavy atom. The van der Waals surface area contributed by atoms with Crippen LogP contribution >= 0.6 is 0 Å².